The molecule has 3 rings (SSSR count). The van der Waals surface area contributed by atoms with Crippen LogP contribution < -0.4 is 10.0 Å². The van der Waals surface area contributed by atoms with E-state index in [9.17, 15) is 12.8 Å². The first-order valence-corrected chi connectivity index (χ1v) is 9.13. The van der Waals surface area contributed by atoms with Gasteiger partial charge in [-0.3, -0.25) is 4.72 Å². The van der Waals surface area contributed by atoms with Gasteiger partial charge < -0.3 is 5.32 Å². The Morgan fingerprint density at radius 3 is 2.16 bits per heavy atom. The van der Waals surface area contributed by atoms with E-state index in [1.807, 2.05) is 13.0 Å². The normalized spacial score (nSPS) is 11.1. The molecule has 0 unspecified atom stereocenters. The molecule has 25 heavy (non-hydrogen) atoms. The molecule has 3 aromatic carbocycles. The smallest absolute Gasteiger partial charge is 0.261 e. The molecule has 0 spiro atoms. The van der Waals surface area contributed by atoms with E-state index in [-0.39, 0.29) is 10.7 Å². The average Bonchev–Trinajstić information content (AvgIpc) is 2.56. The summed E-state index contributed by atoms with van der Waals surface area (Å²) in [4.78, 5) is 0.217. The van der Waals surface area contributed by atoms with Gasteiger partial charge in [0.2, 0.25) is 0 Å². The molecule has 4 nitrogen and oxygen atoms in total. The zero-order valence-electron chi connectivity index (χ0n) is 13.5. The maximum atomic E-state index is 13.2. The summed E-state index contributed by atoms with van der Waals surface area (Å²) in [5, 5.41) is 3.06. The molecule has 0 saturated carbocycles. The Bertz CT molecular complexity index is 986. The Morgan fingerprint density at radius 1 is 0.800 bits per heavy atom. The third kappa shape index (κ3) is 4.36. The summed E-state index contributed by atoms with van der Waals surface area (Å²) in [5.74, 6) is -0.326. The summed E-state index contributed by atoms with van der Waals surface area (Å²) < 4.78 is 40.5. The van der Waals surface area contributed by atoms with Crippen LogP contribution in [0.3, 0.4) is 0 Å². The number of aryl methyl sites for hydroxylation is 1. The minimum absolute atomic E-state index is 0.217. The summed E-state index contributed by atoms with van der Waals surface area (Å²) in [6, 6.07) is 19.6. The van der Waals surface area contributed by atoms with Crippen molar-refractivity contribution in [3.8, 4) is 0 Å². The van der Waals surface area contributed by atoms with Gasteiger partial charge >= 0.3 is 0 Å². The van der Waals surface area contributed by atoms with Crippen LogP contribution in [0.4, 0.5) is 21.5 Å². The van der Waals surface area contributed by atoms with E-state index in [2.05, 4.69) is 10.0 Å². The standard InChI is InChI=1S/C19H17FN2O2S/c1-14-4-2-7-19(12-14)25(23,24)22-17-10-8-16(9-11-17)21-18-6-3-5-15(20)13-18/h2-13,21-22H,1H3. The SMILES string of the molecule is Cc1cccc(S(=O)(=O)Nc2ccc(Nc3cccc(F)c3)cc2)c1. The van der Waals surface area contributed by atoms with E-state index in [4.69, 9.17) is 0 Å². The molecule has 0 heterocycles. The van der Waals surface area contributed by atoms with Crippen molar-refractivity contribution in [1.29, 1.82) is 0 Å². The summed E-state index contributed by atoms with van der Waals surface area (Å²) >= 11 is 0. The predicted molar refractivity (Wildman–Crippen MR) is 98.1 cm³/mol. The van der Waals surface area contributed by atoms with E-state index < -0.39 is 10.0 Å². The number of benzene rings is 3. The lowest BCUT2D eigenvalue weighted by atomic mass is 10.2. The van der Waals surface area contributed by atoms with E-state index >= 15 is 0 Å². The number of hydrogen-bond acceptors (Lipinski definition) is 3. The molecule has 0 atom stereocenters. The van der Waals surface area contributed by atoms with Crippen molar-refractivity contribution in [2.45, 2.75) is 11.8 Å². The highest BCUT2D eigenvalue weighted by Gasteiger charge is 2.14. The van der Waals surface area contributed by atoms with E-state index in [1.165, 1.54) is 12.1 Å². The molecule has 0 aliphatic rings. The molecule has 0 aliphatic carbocycles. The first-order chi connectivity index (χ1) is 11.9. The van der Waals surface area contributed by atoms with Crippen molar-refractivity contribution in [2.75, 3.05) is 10.0 Å². The van der Waals surface area contributed by atoms with Crippen LogP contribution in [0.2, 0.25) is 0 Å². The summed E-state index contributed by atoms with van der Waals surface area (Å²) in [5.41, 5.74) is 2.67. The number of sulfonamides is 1. The Morgan fingerprint density at radius 2 is 1.48 bits per heavy atom. The molecule has 2 N–H and O–H groups in total. The minimum Gasteiger partial charge on any atom is -0.355 e. The molecule has 3 aromatic rings. The van der Waals surface area contributed by atoms with Crippen molar-refractivity contribution in [3.63, 3.8) is 0 Å². The van der Waals surface area contributed by atoms with Crippen molar-refractivity contribution in [2.24, 2.45) is 0 Å². The van der Waals surface area contributed by atoms with Gasteiger partial charge in [-0.1, -0.05) is 18.2 Å². The molecule has 0 aliphatic heterocycles. The predicted octanol–water partition coefficient (Wildman–Crippen LogP) is 4.68. The third-order valence-electron chi connectivity index (χ3n) is 3.55. The van der Waals surface area contributed by atoms with Crippen LogP contribution in [0, 0.1) is 12.7 Å². The summed E-state index contributed by atoms with van der Waals surface area (Å²) in [6.45, 7) is 1.84. The first-order valence-electron chi connectivity index (χ1n) is 7.64. The lowest BCUT2D eigenvalue weighted by molar-refractivity contribution is 0.601. The quantitative estimate of drug-likeness (QED) is 0.698. The van der Waals surface area contributed by atoms with Gasteiger partial charge in [0, 0.05) is 17.1 Å². The molecule has 0 saturated heterocycles. The van der Waals surface area contributed by atoms with Gasteiger partial charge in [-0.2, -0.15) is 0 Å². The maximum absolute atomic E-state index is 13.2. The number of halogens is 1. The lowest BCUT2D eigenvalue weighted by Crippen LogP contribution is -2.13. The largest absolute Gasteiger partial charge is 0.355 e. The summed E-state index contributed by atoms with van der Waals surface area (Å²) in [6.07, 6.45) is 0. The van der Waals surface area contributed by atoms with Crippen LogP contribution >= 0.6 is 0 Å². The van der Waals surface area contributed by atoms with Gasteiger partial charge in [0.25, 0.3) is 10.0 Å². The number of hydrogen-bond donors (Lipinski definition) is 2. The van der Waals surface area contributed by atoms with E-state index in [0.29, 0.717) is 11.4 Å². The Labute approximate surface area is 146 Å². The van der Waals surface area contributed by atoms with E-state index in [1.54, 1.807) is 54.6 Å². The zero-order valence-corrected chi connectivity index (χ0v) is 14.3. The average molecular weight is 356 g/mol. The molecule has 0 fully saturated rings. The highest BCUT2D eigenvalue weighted by atomic mass is 32.2. The Hall–Kier alpha value is -2.86. The zero-order chi connectivity index (χ0) is 17.9. The van der Waals surface area contributed by atoms with Crippen LogP contribution in [0.25, 0.3) is 0 Å². The monoisotopic (exact) mass is 356 g/mol. The summed E-state index contributed by atoms with van der Waals surface area (Å²) in [7, 11) is -3.63. The van der Waals surface area contributed by atoms with Crippen LogP contribution in [0.15, 0.2) is 77.7 Å². The highest BCUT2D eigenvalue weighted by Crippen LogP contribution is 2.21. The Balaban J connectivity index is 1.74. The van der Waals surface area contributed by atoms with E-state index in [0.717, 1.165) is 11.3 Å². The van der Waals surface area contributed by atoms with Crippen LogP contribution in [-0.4, -0.2) is 8.42 Å². The number of anilines is 3. The second kappa shape index (κ2) is 6.94. The topological polar surface area (TPSA) is 58.2 Å². The van der Waals surface area contributed by atoms with Gasteiger partial charge in [0.05, 0.1) is 4.90 Å². The Kier molecular flexibility index (Phi) is 4.72. The van der Waals surface area contributed by atoms with Crippen molar-refractivity contribution < 1.29 is 12.8 Å². The molecule has 6 heteroatoms. The molecule has 0 amide bonds. The van der Waals surface area contributed by atoms with Gasteiger partial charge in [0.15, 0.2) is 0 Å². The molecule has 128 valence electrons. The molecular formula is C19H17FN2O2S. The van der Waals surface area contributed by atoms with Crippen molar-refractivity contribution in [3.05, 3.63) is 84.2 Å². The number of rotatable bonds is 5. The van der Waals surface area contributed by atoms with Crippen molar-refractivity contribution in [1.82, 2.24) is 0 Å². The second-order valence-corrected chi connectivity index (χ2v) is 7.32. The minimum atomic E-state index is -3.63. The van der Waals surface area contributed by atoms with Crippen LogP contribution in [0.5, 0.6) is 0 Å². The second-order valence-electron chi connectivity index (χ2n) is 5.63. The van der Waals surface area contributed by atoms with Gasteiger partial charge in [0.1, 0.15) is 5.82 Å². The first kappa shape index (κ1) is 17.0. The third-order valence-corrected chi connectivity index (χ3v) is 4.93. The fourth-order valence-electron chi connectivity index (χ4n) is 2.35. The maximum Gasteiger partial charge on any atom is 0.261 e. The molecule has 0 aromatic heterocycles. The van der Waals surface area contributed by atoms with Crippen LogP contribution in [0.1, 0.15) is 5.56 Å². The molecular weight excluding hydrogens is 339 g/mol. The van der Waals surface area contributed by atoms with Gasteiger partial charge in [-0.15, -0.1) is 0 Å². The fourth-order valence-corrected chi connectivity index (χ4v) is 3.51. The van der Waals surface area contributed by atoms with Gasteiger partial charge in [-0.25, -0.2) is 12.8 Å². The number of nitrogens with one attached hydrogen (secondary N) is 2. The fraction of sp³-hybridized carbons (Fsp3) is 0.0526. The van der Waals surface area contributed by atoms with Gasteiger partial charge in [-0.05, 0) is 67.1 Å². The highest BCUT2D eigenvalue weighted by molar-refractivity contribution is 7.92. The molecule has 0 bridgehead atoms. The lowest BCUT2D eigenvalue weighted by Gasteiger charge is -2.10. The molecule has 0 radical (unpaired) electrons. The van der Waals surface area contributed by atoms with Crippen LogP contribution in [-0.2, 0) is 10.0 Å². The van der Waals surface area contributed by atoms with Crippen molar-refractivity contribution >= 4 is 27.1 Å².